The fourth-order valence-corrected chi connectivity index (χ4v) is 2.79. The first-order chi connectivity index (χ1) is 10.2. The van der Waals surface area contributed by atoms with Gasteiger partial charge in [-0.05, 0) is 39.7 Å². The summed E-state index contributed by atoms with van der Waals surface area (Å²) in [6, 6.07) is 7.11. The van der Waals surface area contributed by atoms with E-state index in [1.54, 1.807) is 18.5 Å². The van der Waals surface area contributed by atoms with E-state index in [2.05, 4.69) is 30.5 Å². The third kappa shape index (κ3) is 2.94. The van der Waals surface area contributed by atoms with Gasteiger partial charge in [0.2, 0.25) is 0 Å². The molecule has 0 bridgehead atoms. The number of pyridine rings is 1. The Labute approximate surface area is 134 Å². The van der Waals surface area contributed by atoms with Crippen LogP contribution in [0.15, 0.2) is 41.1 Å². The molecule has 0 N–H and O–H groups in total. The van der Waals surface area contributed by atoms with Crippen molar-refractivity contribution in [2.75, 3.05) is 5.88 Å². The van der Waals surface area contributed by atoms with Crippen LogP contribution in [-0.2, 0) is 13.0 Å². The molecule has 3 nitrogen and oxygen atoms in total. The number of imidazole rings is 1. The van der Waals surface area contributed by atoms with Crippen LogP contribution in [0.4, 0.5) is 4.39 Å². The average Bonchev–Trinajstić information content (AvgIpc) is 2.79. The van der Waals surface area contributed by atoms with Crippen molar-refractivity contribution in [3.63, 3.8) is 0 Å². The number of aryl methyl sites for hydroxylation is 1. The maximum absolute atomic E-state index is 13.7. The first-order valence-corrected chi connectivity index (χ1v) is 7.81. The van der Waals surface area contributed by atoms with Crippen molar-refractivity contribution in [1.29, 1.82) is 0 Å². The van der Waals surface area contributed by atoms with E-state index in [4.69, 9.17) is 11.6 Å². The van der Waals surface area contributed by atoms with Crippen molar-refractivity contribution in [3.05, 3.63) is 58.3 Å². The normalized spacial score (nSPS) is 11.2. The third-order valence-corrected chi connectivity index (χ3v) is 4.07. The second-order valence-corrected chi connectivity index (χ2v) is 5.90. The van der Waals surface area contributed by atoms with Crippen molar-refractivity contribution in [2.24, 2.45) is 0 Å². The molecule has 0 aliphatic carbocycles. The van der Waals surface area contributed by atoms with Gasteiger partial charge in [0.25, 0.3) is 0 Å². The minimum Gasteiger partial charge on any atom is -0.323 e. The molecule has 0 amide bonds. The van der Waals surface area contributed by atoms with E-state index in [-0.39, 0.29) is 5.82 Å². The van der Waals surface area contributed by atoms with Gasteiger partial charge in [-0.3, -0.25) is 4.98 Å². The van der Waals surface area contributed by atoms with Gasteiger partial charge in [-0.25, -0.2) is 9.37 Å². The molecule has 2 aromatic heterocycles. The highest BCUT2D eigenvalue weighted by atomic mass is 79.9. The summed E-state index contributed by atoms with van der Waals surface area (Å²) in [6.07, 6.45) is 4.15. The first-order valence-electron chi connectivity index (χ1n) is 6.48. The minimum atomic E-state index is -0.312. The van der Waals surface area contributed by atoms with Crippen molar-refractivity contribution in [2.45, 2.75) is 13.0 Å². The quantitative estimate of drug-likeness (QED) is 0.647. The Bertz CT molecular complexity index is 773. The molecule has 2 heterocycles. The Balaban J connectivity index is 2.13. The number of rotatable bonds is 4. The molecule has 0 radical (unpaired) electrons. The molecule has 0 fully saturated rings. The SMILES string of the molecule is Fc1cc2nc(CCCl)n(Cc3ccncc3)c2cc1Br. The molecular formula is C15H12BrClFN3. The number of fused-ring (bicyclic) bond motifs is 1. The van der Waals surface area contributed by atoms with Crippen LogP contribution in [0, 0.1) is 5.82 Å². The zero-order valence-electron chi connectivity index (χ0n) is 11.1. The standard InChI is InChI=1S/C15H12BrClFN3/c16-11-7-14-13(8-12(11)18)20-15(1-4-17)21(14)9-10-2-5-19-6-3-10/h2-3,5-8H,1,4,9H2. The van der Waals surface area contributed by atoms with Gasteiger partial charge in [0.15, 0.2) is 0 Å². The predicted molar refractivity (Wildman–Crippen MR) is 85.2 cm³/mol. The second kappa shape index (κ2) is 6.12. The maximum atomic E-state index is 13.7. The van der Waals surface area contributed by atoms with Gasteiger partial charge in [-0.15, -0.1) is 11.6 Å². The zero-order valence-corrected chi connectivity index (χ0v) is 13.4. The van der Waals surface area contributed by atoms with Crippen LogP contribution in [0.3, 0.4) is 0 Å². The molecule has 108 valence electrons. The Morgan fingerprint density at radius 2 is 2.00 bits per heavy atom. The number of aromatic nitrogens is 3. The molecule has 0 saturated carbocycles. The van der Waals surface area contributed by atoms with Crippen LogP contribution in [0.2, 0.25) is 0 Å². The summed E-state index contributed by atoms with van der Waals surface area (Å²) < 4.78 is 16.2. The van der Waals surface area contributed by atoms with Crippen molar-refractivity contribution in [1.82, 2.24) is 14.5 Å². The van der Waals surface area contributed by atoms with Crippen molar-refractivity contribution >= 4 is 38.6 Å². The van der Waals surface area contributed by atoms with E-state index in [0.29, 0.717) is 28.8 Å². The molecule has 0 spiro atoms. The molecule has 1 aromatic carbocycles. The van der Waals surface area contributed by atoms with Crippen LogP contribution in [-0.4, -0.2) is 20.4 Å². The van der Waals surface area contributed by atoms with Gasteiger partial charge in [0.05, 0.1) is 15.5 Å². The number of alkyl halides is 1. The second-order valence-electron chi connectivity index (χ2n) is 4.66. The van der Waals surface area contributed by atoms with E-state index >= 15 is 0 Å². The summed E-state index contributed by atoms with van der Waals surface area (Å²) in [7, 11) is 0. The summed E-state index contributed by atoms with van der Waals surface area (Å²) >= 11 is 9.09. The predicted octanol–water partition coefficient (Wildman–Crippen LogP) is 4.16. The summed E-state index contributed by atoms with van der Waals surface area (Å²) in [6.45, 7) is 0.656. The molecule has 0 unspecified atom stereocenters. The molecule has 0 aliphatic rings. The van der Waals surface area contributed by atoms with E-state index in [9.17, 15) is 4.39 Å². The van der Waals surface area contributed by atoms with Crippen molar-refractivity contribution < 1.29 is 4.39 Å². The van der Waals surface area contributed by atoms with E-state index < -0.39 is 0 Å². The van der Waals surface area contributed by atoms with Gasteiger partial charge < -0.3 is 4.57 Å². The topological polar surface area (TPSA) is 30.7 Å². The smallest absolute Gasteiger partial charge is 0.139 e. The van der Waals surface area contributed by atoms with Gasteiger partial charge in [-0.1, -0.05) is 0 Å². The molecule has 6 heteroatoms. The number of nitrogens with zero attached hydrogens (tertiary/aromatic N) is 3. The number of benzene rings is 1. The Kier molecular flexibility index (Phi) is 4.22. The molecule has 3 rings (SSSR count). The van der Waals surface area contributed by atoms with Crippen LogP contribution in [0.25, 0.3) is 11.0 Å². The largest absolute Gasteiger partial charge is 0.323 e. The fourth-order valence-electron chi connectivity index (χ4n) is 2.29. The highest BCUT2D eigenvalue weighted by molar-refractivity contribution is 9.10. The van der Waals surface area contributed by atoms with Crippen molar-refractivity contribution in [3.8, 4) is 0 Å². The van der Waals surface area contributed by atoms with Crippen LogP contribution < -0.4 is 0 Å². The highest BCUT2D eigenvalue weighted by Crippen LogP contribution is 2.25. The van der Waals surface area contributed by atoms with Gasteiger partial charge >= 0.3 is 0 Å². The average molecular weight is 369 g/mol. The molecule has 21 heavy (non-hydrogen) atoms. The molecular weight excluding hydrogens is 357 g/mol. The summed E-state index contributed by atoms with van der Waals surface area (Å²) in [5, 5.41) is 0. The molecule has 3 aromatic rings. The lowest BCUT2D eigenvalue weighted by Crippen LogP contribution is -2.06. The lowest BCUT2D eigenvalue weighted by molar-refractivity contribution is 0.622. The lowest BCUT2D eigenvalue weighted by atomic mass is 10.2. The summed E-state index contributed by atoms with van der Waals surface area (Å²) in [5.74, 6) is 1.02. The first kappa shape index (κ1) is 14.5. The van der Waals surface area contributed by atoms with Crippen LogP contribution in [0.5, 0.6) is 0 Å². The Hall–Kier alpha value is -1.46. The van der Waals surface area contributed by atoms with E-state index in [0.717, 1.165) is 16.9 Å². The number of hydrogen-bond acceptors (Lipinski definition) is 2. The molecule has 0 atom stereocenters. The van der Waals surface area contributed by atoms with E-state index in [1.165, 1.54) is 6.07 Å². The minimum absolute atomic E-state index is 0.312. The Morgan fingerprint density at radius 1 is 1.24 bits per heavy atom. The number of hydrogen-bond donors (Lipinski definition) is 0. The third-order valence-electron chi connectivity index (χ3n) is 3.28. The van der Waals surface area contributed by atoms with Crippen LogP contribution in [0.1, 0.15) is 11.4 Å². The van der Waals surface area contributed by atoms with E-state index in [1.807, 2.05) is 12.1 Å². The highest BCUT2D eigenvalue weighted by Gasteiger charge is 2.13. The van der Waals surface area contributed by atoms with Gasteiger partial charge in [-0.2, -0.15) is 0 Å². The molecule has 0 aliphatic heterocycles. The number of halogens is 3. The summed E-state index contributed by atoms with van der Waals surface area (Å²) in [4.78, 5) is 8.52. The van der Waals surface area contributed by atoms with Gasteiger partial charge in [0.1, 0.15) is 11.6 Å². The fraction of sp³-hybridized carbons (Fsp3) is 0.200. The zero-order chi connectivity index (χ0) is 14.8. The Morgan fingerprint density at radius 3 is 2.71 bits per heavy atom. The maximum Gasteiger partial charge on any atom is 0.139 e. The van der Waals surface area contributed by atoms with Gasteiger partial charge in [0, 0.05) is 37.3 Å². The molecule has 0 saturated heterocycles. The monoisotopic (exact) mass is 367 g/mol. The lowest BCUT2D eigenvalue weighted by Gasteiger charge is -2.09. The van der Waals surface area contributed by atoms with Crippen LogP contribution >= 0.6 is 27.5 Å². The summed E-state index contributed by atoms with van der Waals surface area (Å²) in [5.41, 5.74) is 2.64.